The van der Waals surface area contributed by atoms with Crippen molar-refractivity contribution in [3.63, 3.8) is 0 Å². The maximum Gasteiger partial charge on any atom is 0.148 e. The van der Waals surface area contributed by atoms with Gasteiger partial charge in [0.15, 0.2) is 0 Å². The first-order chi connectivity index (χ1) is 9.10. The van der Waals surface area contributed by atoms with Crippen LogP contribution in [0.3, 0.4) is 0 Å². The molecule has 0 saturated carbocycles. The van der Waals surface area contributed by atoms with Crippen molar-refractivity contribution in [2.45, 2.75) is 38.3 Å². The van der Waals surface area contributed by atoms with Gasteiger partial charge in [0.05, 0.1) is 22.2 Å². The van der Waals surface area contributed by atoms with Gasteiger partial charge in [-0.1, -0.05) is 6.92 Å². The first-order valence-corrected chi connectivity index (χ1v) is 8.16. The molecule has 5 heteroatoms. The van der Waals surface area contributed by atoms with E-state index >= 15 is 0 Å². The van der Waals surface area contributed by atoms with Crippen LogP contribution in [0.5, 0.6) is 5.75 Å². The fourth-order valence-electron chi connectivity index (χ4n) is 2.06. The lowest BCUT2D eigenvalue weighted by Gasteiger charge is -2.17. The Morgan fingerprint density at radius 3 is 2.63 bits per heavy atom. The predicted molar refractivity (Wildman–Crippen MR) is 83.7 cm³/mol. The summed E-state index contributed by atoms with van der Waals surface area (Å²) in [5, 5.41) is 0. The van der Waals surface area contributed by atoms with Crippen LogP contribution in [0.1, 0.15) is 25.3 Å². The standard InChI is InChI=1S/C14H19Br2NO2/c1-2-10(17)5-9-6-12(15)14(13(16)7-9)19-11-3-4-18-8-11/h6-7,10-11H,2-5,8,17H2,1H3. The summed E-state index contributed by atoms with van der Waals surface area (Å²) in [4.78, 5) is 0. The van der Waals surface area contributed by atoms with E-state index in [0.717, 1.165) is 40.6 Å². The second kappa shape index (κ2) is 7.07. The number of hydrogen-bond donors (Lipinski definition) is 1. The lowest BCUT2D eigenvalue weighted by Crippen LogP contribution is -2.21. The molecule has 1 saturated heterocycles. The molecule has 0 radical (unpaired) electrons. The maximum atomic E-state index is 6.00. The molecule has 2 rings (SSSR count). The zero-order valence-corrected chi connectivity index (χ0v) is 14.2. The summed E-state index contributed by atoms with van der Waals surface area (Å²) in [7, 11) is 0. The third kappa shape index (κ3) is 4.18. The van der Waals surface area contributed by atoms with Gasteiger partial charge in [-0.2, -0.15) is 0 Å². The van der Waals surface area contributed by atoms with E-state index in [9.17, 15) is 0 Å². The zero-order valence-electron chi connectivity index (χ0n) is 11.0. The molecule has 1 aromatic rings. The molecule has 2 unspecified atom stereocenters. The van der Waals surface area contributed by atoms with E-state index in [1.165, 1.54) is 5.56 Å². The highest BCUT2D eigenvalue weighted by Gasteiger charge is 2.20. The second-order valence-corrected chi connectivity index (χ2v) is 6.57. The van der Waals surface area contributed by atoms with Crippen LogP contribution in [-0.2, 0) is 11.2 Å². The Morgan fingerprint density at radius 2 is 2.11 bits per heavy atom. The van der Waals surface area contributed by atoms with Gasteiger partial charge in [-0.15, -0.1) is 0 Å². The Balaban J connectivity index is 2.12. The minimum absolute atomic E-state index is 0.149. The van der Waals surface area contributed by atoms with Crippen molar-refractivity contribution < 1.29 is 9.47 Å². The van der Waals surface area contributed by atoms with Crippen molar-refractivity contribution in [1.29, 1.82) is 0 Å². The van der Waals surface area contributed by atoms with Crippen LogP contribution >= 0.6 is 31.9 Å². The van der Waals surface area contributed by atoms with Crippen molar-refractivity contribution in [2.24, 2.45) is 5.73 Å². The maximum absolute atomic E-state index is 6.00. The fourth-order valence-corrected chi connectivity index (χ4v) is 3.53. The minimum atomic E-state index is 0.149. The van der Waals surface area contributed by atoms with Gasteiger partial charge >= 0.3 is 0 Å². The molecule has 2 atom stereocenters. The molecule has 0 aliphatic carbocycles. The molecule has 1 fully saturated rings. The van der Waals surface area contributed by atoms with Gasteiger partial charge in [0.2, 0.25) is 0 Å². The van der Waals surface area contributed by atoms with Crippen molar-refractivity contribution in [3.8, 4) is 5.75 Å². The summed E-state index contributed by atoms with van der Waals surface area (Å²) < 4.78 is 13.2. The number of halogens is 2. The Morgan fingerprint density at radius 1 is 1.42 bits per heavy atom. The van der Waals surface area contributed by atoms with Crippen LogP contribution in [0.25, 0.3) is 0 Å². The molecule has 19 heavy (non-hydrogen) atoms. The van der Waals surface area contributed by atoms with E-state index in [2.05, 4.69) is 50.9 Å². The van der Waals surface area contributed by atoms with E-state index in [1.807, 2.05) is 0 Å². The Kier molecular flexibility index (Phi) is 5.69. The third-order valence-electron chi connectivity index (χ3n) is 3.25. The van der Waals surface area contributed by atoms with Gasteiger partial charge in [0, 0.05) is 12.5 Å². The SMILES string of the molecule is CCC(N)Cc1cc(Br)c(OC2CCOC2)c(Br)c1. The molecule has 1 heterocycles. The monoisotopic (exact) mass is 391 g/mol. The summed E-state index contributed by atoms with van der Waals surface area (Å²) >= 11 is 7.16. The van der Waals surface area contributed by atoms with E-state index in [4.69, 9.17) is 15.2 Å². The quantitative estimate of drug-likeness (QED) is 0.831. The van der Waals surface area contributed by atoms with Crippen molar-refractivity contribution in [3.05, 3.63) is 26.6 Å². The first kappa shape index (κ1) is 15.3. The molecule has 1 aliphatic rings. The van der Waals surface area contributed by atoms with E-state index in [0.29, 0.717) is 6.61 Å². The number of ether oxygens (including phenoxy) is 2. The molecule has 1 aliphatic heterocycles. The molecule has 0 spiro atoms. The van der Waals surface area contributed by atoms with Crippen LogP contribution in [0.2, 0.25) is 0 Å². The molecule has 0 bridgehead atoms. The summed E-state index contributed by atoms with van der Waals surface area (Å²) in [6, 6.07) is 4.38. The van der Waals surface area contributed by atoms with Crippen LogP contribution in [0, 0.1) is 0 Å². The average molecular weight is 393 g/mol. The van der Waals surface area contributed by atoms with Gasteiger partial charge in [0.1, 0.15) is 11.9 Å². The van der Waals surface area contributed by atoms with Crippen LogP contribution < -0.4 is 10.5 Å². The number of benzene rings is 1. The molecular weight excluding hydrogens is 374 g/mol. The zero-order chi connectivity index (χ0) is 13.8. The Bertz CT molecular complexity index is 410. The molecule has 3 nitrogen and oxygen atoms in total. The average Bonchev–Trinajstić information content (AvgIpc) is 2.86. The summed E-state index contributed by atoms with van der Waals surface area (Å²) in [6.07, 6.45) is 2.95. The number of nitrogens with two attached hydrogens (primary N) is 1. The highest BCUT2D eigenvalue weighted by atomic mass is 79.9. The third-order valence-corrected chi connectivity index (χ3v) is 4.43. The van der Waals surface area contributed by atoms with Crippen LogP contribution in [0.4, 0.5) is 0 Å². The second-order valence-electron chi connectivity index (χ2n) is 4.86. The fraction of sp³-hybridized carbons (Fsp3) is 0.571. The van der Waals surface area contributed by atoms with Gasteiger partial charge in [0.25, 0.3) is 0 Å². The summed E-state index contributed by atoms with van der Waals surface area (Å²) in [5.41, 5.74) is 7.21. The number of rotatable bonds is 5. The smallest absolute Gasteiger partial charge is 0.148 e. The predicted octanol–water partition coefficient (Wildman–Crippen LogP) is 3.66. The molecule has 0 aromatic heterocycles. The molecule has 106 valence electrons. The van der Waals surface area contributed by atoms with E-state index < -0.39 is 0 Å². The molecule has 1 aromatic carbocycles. The van der Waals surface area contributed by atoms with Gasteiger partial charge in [-0.05, 0) is 62.4 Å². The van der Waals surface area contributed by atoms with E-state index in [-0.39, 0.29) is 12.1 Å². The van der Waals surface area contributed by atoms with Crippen molar-refractivity contribution in [2.75, 3.05) is 13.2 Å². The van der Waals surface area contributed by atoms with E-state index in [1.54, 1.807) is 0 Å². The molecule has 2 N–H and O–H groups in total. The largest absolute Gasteiger partial charge is 0.486 e. The van der Waals surface area contributed by atoms with Gasteiger partial charge in [-0.3, -0.25) is 0 Å². The highest BCUT2D eigenvalue weighted by molar-refractivity contribution is 9.11. The van der Waals surface area contributed by atoms with Crippen molar-refractivity contribution >= 4 is 31.9 Å². The van der Waals surface area contributed by atoms with Crippen LogP contribution in [0.15, 0.2) is 21.1 Å². The Hall–Kier alpha value is -0.100. The Labute approximate surface area is 131 Å². The molecular formula is C14H19Br2NO2. The minimum Gasteiger partial charge on any atom is -0.486 e. The summed E-state index contributed by atoms with van der Waals surface area (Å²) in [6.45, 7) is 3.55. The van der Waals surface area contributed by atoms with Crippen molar-refractivity contribution in [1.82, 2.24) is 0 Å². The lowest BCUT2D eigenvalue weighted by molar-refractivity contribution is 0.140. The summed E-state index contributed by atoms with van der Waals surface area (Å²) in [5.74, 6) is 0.851. The van der Waals surface area contributed by atoms with Crippen LogP contribution in [-0.4, -0.2) is 25.4 Å². The lowest BCUT2D eigenvalue weighted by atomic mass is 10.0. The topological polar surface area (TPSA) is 44.5 Å². The van der Waals surface area contributed by atoms with Gasteiger partial charge < -0.3 is 15.2 Å². The molecule has 0 amide bonds. The normalized spacial score (nSPS) is 20.5. The van der Waals surface area contributed by atoms with Gasteiger partial charge in [-0.25, -0.2) is 0 Å². The highest BCUT2D eigenvalue weighted by Crippen LogP contribution is 2.36. The first-order valence-electron chi connectivity index (χ1n) is 6.58. The number of hydrogen-bond acceptors (Lipinski definition) is 3.